The molecule has 0 aliphatic rings. The minimum absolute atomic E-state index is 0.0435. The van der Waals surface area contributed by atoms with Gasteiger partial charge in [0.15, 0.2) is 0 Å². The summed E-state index contributed by atoms with van der Waals surface area (Å²) in [5.41, 5.74) is 0. The van der Waals surface area contributed by atoms with Gasteiger partial charge in [-0.15, -0.1) is 0 Å². The van der Waals surface area contributed by atoms with Crippen molar-refractivity contribution in [2.24, 2.45) is 5.92 Å². The van der Waals surface area contributed by atoms with E-state index in [0.29, 0.717) is 19.3 Å². The Morgan fingerprint density at radius 2 is 1.58 bits per heavy atom. The lowest BCUT2D eigenvalue weighted by Crippen LogP contribution is -1.96. The highest BCUT2D eigenvalue weighted by molar-refractivity contribution is 4.86. The Morgan fingerprint density at radius 1 is 0.917 bits per heavy atom. The maximum Gasteiger partial charge on any atom is 0.0656 e. The van der Waals surface area contributed by atoms with Crippen LogP contribution in [0, 0.1) is 39.9 Å². The number of nitrogens with zero attached hydrogens (tertiary/aromatic N) is 3. The first-order valence-electron chi connectivity index (χ1n) is 3.98. The number of nitriles is 3. The highest BCUT2D eigenvalue weighted by Crippen LogP contribution is 2.12. The monoisotopic (exact) mass is 161 g/mol. The van der Waals surface area contributed by atoms with Gasteiger partial charge in [-0.05, 0) is 19.3 Å². The molecule has 0 aromatic heterocycles. The van der Waals surface area contributed by atoms with Gasteiger partial charge in [0.25, 0.3) is 0 Å². The largest absolute Gasteiger partial charge is 0.198 e. The van der Waals surface area contributed by atoms with Crippen molar-refractivity contribution in [2.75, 3.05) is 0 Å². The van der Waals surface area contributed by atoms with Gasteiger partial charge in [-0.1, -0.05) is 0 Å². The van der Waals surface area contributed by atoms with Crippen molar-refractivity contribution in [1.82, 2.24) is 0 Å². The molecule has 0 N–H and O–H groups in total. The second-order valence-corrected chi connectivity index (χ2v) is 2.57. The fourth-order valence-electron chi connectivity index (χ4n) is 0.940. The summed E-state index contributed by atoms with van der Waals surface area (Å²) in [4.78, 5) is 0. The molecule has 0 aromatic carbocycles. The Hall–Kier alpha value is -1.53. The summed E-state index contributed by atoms with van der Waals surface area (Å²) in [5, 5.41) is 25.1. The fraction of sp³-hybridized carbons (Fsp3) is 0.667. The van der Waals surface area contributed by atoms with Crippen LogP contribution in [0.4, 0.5) is 0 Å². The molecular weight excluding hydrogens is 150 g/mol. The van der Waals surface area contributed by atoms with Gasteiger partial charge in [0.1, 0.15) is 0 Å². The number of rotatable bonds is 5. The highest BCUT2D eigenvalue weighted by atomic mass is 14.3. The van der Waals surface area contributed by atoms with Crippen LogP contribution < -0.4 is 0 Å². The average molecular weight is 161 g/mol. The van der Waals surface area contributed by atoms with Crippen molar-refractivity contribution < 1.29 is 0 Å². The van der Waals surface area contributed by atoms with Gasteiger partial charge in [0, 0.05) is 18.8 Å². The van der Waals surface area contributed by atoms with Crippen LogP contribution in [0.3, 0.4) is 0 Å². The first-order valence-corrected chi connectivity index (χ1v) is 3.98. The van der Waals surface area contributed by atoms with E-state index in [2.05, 4.69) is 6.07 Å². The lowest BCUT2D eigenvalue weighted by molar-refractivity contribution is 0.544. The molecule has 0 aromatic rings. The fourth-order valence-corrected chi connectivity index (χ4v) is 0.940. The molecule has 3 nitrogen and oxygen atoms in total. The van der Waals surface area contributed by atoms with Crippen LogP contribution >= 0.6 is 0 Å². The third kappa shape index (κ3) is 5.27. The summed E-state index contributed by atoms with van der Waals surface area (Å²) < 4.78 is 0. The number of hydrogen-bond donors (Lipinski definition) is 0. The van der Waals surface area contributed by atoms with Gasteiger partial charge < -0.3 is 0 Å². The van der Waals surface area contributed by atoms with E-state index in [4.69, 9.17) is 15.8 Å². The van der Waals surface area contributed by atoms with Crippen LogP contribution in [0.1, 0.15) is 32.1 Å². The maximum atomic E-state index is 8.61. The van der Waals surface area contributed by atoms with Crippen LogP contribution in [-0.2, 0) is 0 Å². The molecule has 0 aliphatic carbocycles. The second kappa shape index (κ2) is 7.58. The minimum Gasteiger partial charge on any atom is -0.198 e. The predicted octanol–water partition coefficient (Wildman–Crippen LogP) is 2.12. The zero-order chi connectivity index (χ0) is 9.23. The maximum absolute atomic E-state index is 8.61. The number of unbranched alkanes of at least 4 members (excludes halogenated alkanes) is 1. The Balaban J connectivity index is 3.51. The average Bonchev–Trinajstić information content (AvgIpc) is 2.11. The van der Waals surface area contributed by atoms with Crippen molar-refractivity contribution in [3.63, 3.8) is 0 Å². The summed E-state index contributed by atoms with van der Waals surface area (Å²) in [6.07, 6.45) is 3.08. The normalized spacial score (nSPS) is 10.8. The summed E-state index contributed by atoms with van der Waals surface area (Å²) in [6.45, 7) is 0. The van der Waals surface area contributed by atoms with Crippen LogP contribution in [0.25, 0.3) is 0 Å². The van der Waals surface area contributed by atoms with E-state index < -0.39 is 0 Å². The van der Waals surface area contributed by atoms with E-state index in [1.54, 1.807) is 0 Å². The zero-order valence-corrected chi connectivity index (χ0v) is 6.95. The van der Waals surface area contributed by atoms with Crippen molar-refractivity contribution in [1.29, 1.82) is 15.8 Å². The van der Waals surface area contributed by atoms with E-state index >= 15 is 0 Å². The van der Waals surface area contributed by atoms with Gasteiger partial charge in [-0.2, -0.15) is 15.8 Å². The van der Waals surface area contributed by atoms with Crippen molar-refractivity contribution >= 4 is 0 Å². The summed E-state index contributed by atoms with van der Waals surface area (Å²) in [5.74, 6) is -0.0435. The lowest BCUT2D eigenvalue weighted by atomic mass is 9.99. The SMILES string of the molecule is N#CCCC[C@@H](C#N)CCC#N. The molecule has 0 saturated heterocycles. The van der Waals surface area contributed by atoms with E-state index in [1.165, 1.54) is 0 Å². The predicted molar refractivity (Wildman–Crippen MR) is 43.4 cm³/mol. The van der Waals surface area contributed by atoms with Crippen LogP contribution in [0.2, 0.25) is 0 Å². The van der Waals surface area contributed by atoms with Crippen LogP contribution in [0.15, 0.2) is 0 Å². The van der Waals surface area contributed by atoms with E-state index in [0.717, 1.165) is 12.8 Å². The molecule has 3 heteroatoms. The molecule has 0 bridgehead atoms. The minimum atomic E-state index is -0.0435. The topological polar surface area (TPSA) is 71.4 Å². The first kappa shape index (κ1) is 10.5. The number of hydrogen-bond acceptors (Lipinski definition) is 3. The molecule has 62 valence electrons. The first-order chi connectivity index (χ1) is 5.85. The molecular formula is C9H11N3. The molecule has 0 fully saturated rings. The van der Waals surface area contributed by atoms with Crippen molar-refractivity contribution in [3.05, 3.63) is 0 Å². The molecule has 0 aliphatic heterocycles. The third-order valence-corrected chi connectivity index (χ3v) is 1.63. The van der Waals surface area contributed by atoms with Gasteiger partial charge in [0.2, 0.25) is 0 Å². The zero-order valence-electron chi connectivity index (χ0n) is 6.95. The Morgan fingerprint density at radius 3 is 2.08 bits per heavy atom. The molecule has 0 radical (unpaired) electrons. The van der Waals surface area contributed by atoms with Crippen LogP contribution in [0.5, 0.6) is 0 Å². The summed E-state index contributed by atoms with van der Waals surface area (Å²) >= 11 is 0. The standard InChI is InChI=1S/C9H11N3/c10-6-2-1-4-9(8-12)5-3-7-11/h9H,1-5H2/t9-/m1/s1. The molecule has 12 heavy (non-hydrogen) atoms. The van der Waals surface area contributed by atoms with Gasteiger partial charge in [0.05, 0.1) is 18.2 Å². The molecule has 0 rings (SSSR count). The van der Waals surface area contributed by atoms with Gasteiger partial charge in [-0.3, -0.25) is 0 Å². The molecule has 1 atom stereocenters. The van der Waals surface area contributed by atoms with Gasteiger partial charge in [-0.25, -0.2) is 0 Å². The van der Waals surface area contributed by atoms with Crippen molar-refractivity contribution in [2.45, 2.75) is 32.1 Å². The third-order valence-electron chi connectivity index (χ3n) is 1.63. The van der Waals surface area contributed by atoms with Crippen LogP contribution in [-0.4, -0.2) is 0 Å². The quantitative estimate of drug-likeness (QED) is 0.580. The van der Waals surface area contributed by atoms with E-state index in [1.807, 2.05) is 12.1 Å². The van der Waals surface area contributed by atoms with Gasteiger partial charge >= 0.3 is 0 Å². The molecule has 0 heterocycles. The lowest BCUT2D eigenvalue weighted by Gasteiger charge is -2.02. The van der Waals surface area contributed by atoms with Crippen molar-refractivity contribution in [3.8, 4) is 18.2 Å². The Bertz CT molecular complexity index is 226. The molecule has 0 amide bonds. The Labute approximate surface area is 72.8 Å². The Kier molecular flexibility index (Phi) is 6.61. The molecule has 0 spiro atoms. The van der Waals surface area contributed by atoms with E-state index in [-0.39, 0.29) is 5.92 Å². The highest BCUT2D eigenvalue weighted by Gasteiger charge is 2.05. The second-order valence-electron chi connectivity index (χ2n) is 2.57. The molecule has 0 saturated carbocycles. The van der Waals surface area contributed by atoms with E-state index in [9.17, 15) is 0 Å². The summed E-state index contributed by atoms with van der Waals surface area (Å²) in [6, 6.07) is 6.17. The smallest absolute Gasteiger partial charge is 0.0656 e. The molecule has 0 unspecified atom stereocenters. The summed E-state index contributed by atoms with van der Waals surface area (Å²) in [7, 11) is 0.